The second-order valence-electron chi connectivity index (χ2n) is 9.46. The molecule has 0 bridgehead atoms. The molecule has 0 amide bonds. The number of piperidine rings is 1. The lowest BCUT2D eigenvalue weighted by atomic mass is 9.74. The molecule has 8 heteroatoms. The van der Waals surface area contributed by atoms with Gasteiger partial charge in [0.2, 0.25) is 0 Å². The number of ketones is 2. The summed E-state index contributed by atoms with van der Waals surface area (Å²) < 4.78 is 34.8. The highest BCUT2D eigenvalue weighted by molar-refractivity contribution is 7.86. The Kier molecular flexibility index (Phi) is 5.84. The van der Waals surface area contributed by atoms with Crippen LogP contribution < -0.4 is 0 Å². The first kappa shape index (κ1) is 22.2. The summed E-state index contributed by atoms with van der Waals surface area (Å²) in [5.74, 6) is -1.27. The predicted molar refractivity (Wildman–Crippen MR) is 109 cm³/mol. The fraction of sp³-hybridized carbons (Fsp3) is 0.714. The third kappa shape index (κ3) is 4.81. The van der Waals surface area contributed by atoms with Gasteiger partial charge in [0.15, 0.2) is 5.78 Å². The van der Waals surface area contributed by atoms with Gasteiger partial charge in [-0.15, -0.1) is 0 Å². The molecule has 3 aliphatic rings. The van der Waals surface area contributed by atoms with E-state index in [0.29, 0.717) is 32.5 Å². The Labute approximate surface area is 173 Å². The quantitative estimate of drug-likeness (QED) is 0.493. The van der Waals surface area contributed by atoms with Crippen LogP contribution in [0.4, 0.5) is 0 Å². The van der Waals surface area contributed by atoms with Gasteiger partial charge in [0.05, 0.1) is 24.0 Å². The zero-order valence-electron chi connectivity index (χ0n) is 17.9. The van der Waals surface area contributed by atoms with Gasteiger partial charge < -0.3 is 4.74 Å². The van der Waals surface area contributed by atoms with Crippen molar-refractivity contribution < 1.29 is 26.9 Å². The lowest BCUT2D eigenvalue weighted by Crippen LogP contribution is -2.54. The van der Waals surface area contributed by atoms with Gasteiger partial charge in [-0.25, -0.2) is 0 Å². The second-order valence-corrected chi connectivity index (χ2v) is 11.0. The molecule has 29 heavy (non-hydrogen) atoms. The number of carbonyl (C=O) groups excluding carboxylic acids is 2. The highest BCUT2D eigenvalue weighted by Gasteiger charge is 2.45. The molecule has 1 aliphatic carbocycles. The van der Waals surface area contributed by atoms with Gasteiger partial charge >= 0.3 is 0 Å². The number of Topliss-reactive ketones (excluding diaryl/α,β-unsaturated/α-hetero) is 2. The fourth-order valence-corrected chi connectivity index (χ4v) is 5.51. The van der Waals surface area contributed by atoms with Gasteiger partial charge in [0, 0.05) is 37.0 Å². The van der Waals surface area contributed by atoms with E-state index in [-0.39, 0.29) is 29.9 Å². The molecule has 3 rings (SSSR count). The van der Waals surface area contributed by atoms with Crippen LogP contribution in [0.15, 0.2) is 23.0 Å². The minimum absolute atomic E-state index is 0.0488. The Balaban J connectivity index is 1.83. The number of fused-ring (bicyclic) bond motifs is 1. The van der Waals surface area contributed by atoms with Crippen LogP contribution in [0.3, 0.4) is 0 Å². The lowest BCUT2D eigenvalue weighted by molar-refractivity contribution is -0.134. The molecule has 0 saturated carbocycles. The summed E-state index contributed by atoms with van der Waals surface area (Å²) >= 11 is 0. The van der Waals surface area contributed by atoms with E-state index in [9.17, 15) is 18.0 Å². The van der Waals surface area contributed by atoms with Crippen molar-refractivity contribution in [2.24, 2.45) is 5.92 Å². The average Bonchev–Trinajstić information content (AvgIpc) is 3.01. The third-order valence-corrected chi connectivity index (χ3v) is 6.86. The summed E-state index contributed by atoms with van der Waals surface area (Å²) in [6.07, 6.45) is 3.55. The van der Waals surface area contributed by atoms with Crippen molar-refractivity contribution in [1.82, 2.24) is 4.90 Å². The van der Waals surface area contributed by atoms with Crippen LogP contribution in [0.5, 0.6) is 0 Å². The van der Waals surface area contributed by atoms with E-state index in [0.717, 1.165) is 23.0 Å². The van der Waals surface area contributed by atoms with Crippen molar-refractivity contribution in [2.45, 2.75) is 64.5 Å². The topological polar surface area (TPSA) is 90.0 Å². The first-order chi connectivity index (χ1) is 13.3. The number of allylic oxidation sites excluding steroid dienone is 1. The van der Waals surface area contributed by atoms with E-state index in [2.05, 4.69) is 25.7 Å². The molecule has 2 aliphatic heterocycles. The van der Waals surface area contributed by atoms with Crippen LogP contribution in [0.2, 0.25) is 0 Å². The van der Waals surface area contributed by atoms with Crippen LogP contribution in [0.1, 0.15) is 53.4 Å². The van der Waals surface area contributed by atoms with Crippen molar-refractivity contribution >= 4 is 21.7 Å². The van der Waals surface area contributed by atoms with Crippen LogP contribution in [0, 0.1) is 5.92 Å². The number of nitrogens with zero attached hydrogens (tertiary/aromatic N) is 1. The van der Waals surface area contributed by atoms with Gasteiger partial charge in [-0.05, 0) is 51.7 Å². The SMILES string of the molecule is CC1=C2COC=C2CC(=O)C1C(=O)CC1(OS(C)(=O)=O)CCN(C(C)(C)C)CC1. The van der Waals surface area contributed by atoms with Gasteiger partial charge in [0.25, 0.3) is 10.1 Å². The molecule has 0 aromatic heterocycles. The minimum Gasteiger partial charge on any atom is -0.496 e. The zero-order chi connectivity index (χ0) is 21.6. The molecule has 0 aromatic rings. The molecule has 1 fully saturated rings. The summed E-state index contributed by atoms with van der Waals surface area (Å²) in [5, 5.41) is 0. The molecule has 1 atom stereocenters. The Bertz CT molecular complexity index is 869. The third-order valence-electron chi connectivity index (χ3n) is 6.21. The smallest absolute Gasteiger partial charge is 0.264 e. The molecule has 2 heterocycles. The van der Waals surface area contributed by atoms with Crippen LogP contribution >= 0.6 is 0 Å². The van der Waals surface area contributed by atoms with Crippen molar-refractivity contribution in [2.75, 3.05) is 26.0 Å². The summed E-state index contributed by atoms with van der Waals surface area (Å²) in [5.41, 5.74) is 1.34. The summed E-state index contributed by atoms with van der Waals surface area (Å²) in [4.78, 5) is 28.2. The highest BCUT2D eigenvalue weighted by atomic mass is 32.2. The largest absolute Gasteiger partial charge is 0.496 e. The average molecular weight is 426 g/mol. The Morgan fingerprint density at radius 2 is 1.93 bits per heavy atom. The lowest BCUT2D eigenvalue weighted by Gasteiger charge is -2.45. The number of likely N-dealkylation sites (tertiary alicyclic amines) is 1. The van der Waals surface area contributed by atoms with Gasteiger partial charge in [-0.2, -0.15) is 8.42 Å². The van der Waals surface area contributed by atoms with Gasteiger partial charge in [0.1, 0.15) is 12.4 Å². The van der Waals surface area contributed by atoms with Gasteiger partial charge in [-0.3, -0.25) is 18.7 Å². The Morgan fingerprint density at radius 1 is 1.31 bits per heavy atom. The van der Waals surface area contributed by atoms with Crippen LogP contribution in [-0.2, 0) is 28.6 Å². The molecule has 0 N–H and O–H groups in total. The van der Waals surface area contributed by atoms with E-state index in [1.165, 1.54) is 0 Å². The van der Waals surface area contributed by atoms with E-state index in [1.807, 2.05) is 0 Å². The maximum Gasteiger partial charge on any atom is 0.264 e. The number of ether oxygens (including phenoxy) is 1. The molecular formula is C21H31NO6S. The number of rotatable bonds is 5. The Hall–Kier alpha value is -1.51. The molecular weight excluding hydrogens is 394 g/mol. The van der Waals surface area contributed by atoms with Crippen LogP contribution in [-0.4, -0.2) is 62.0 Å². The number of carbonyl (C=O) groups is 2. The molecule has 1 unspecified atom stereocenters. The number of hydrogen-bond donors (Lipinski definition) is 0. The predicted octanol–water partition coefficient (Wildman–Crippen LogP) is 2.37. The minimum atomic E-state index is -3.75. The molecule has 1 saturated heterocycles. The van der Waals surface area contributed by atoms with E-state index in [4.69, 9.17) is 8.92 Å². The first-order valence-electron chi connectivity index (χ1n) is 10.0. The van der Waals surface area contributed by atoms with Crippen molar-refractivity contribution in [3.8, 4) is 0 Å². The summed E-state index contributed by atoms with van der Waals surface area (Å²) in [6, 6.07) is 0. The van der Waals surface area contributed by atoms with E-state index in [1.54, 1.807) is 13.2 Å². The molecule has 0 spiro atoms. The van der Waals surface area contributed by atoms with E-state index < -0.39 is 21.6 Å². The van der Waals surface area contributed by atoms with Gasteiger partial charge in [-0.1, -0.05) is 0 Å². The maximum absolute atomic E-state index is 13.2. The maximum atomic E-state index is 13.2. The first-order valence-corrected chi connectivity index (χ1v) is 11.8. The normalized spacial score (nSPS) is 25.5. The number of hydrogen-bond acceptors (Lipinski definition) is 7. The zero-order valence-corrected chi connectivity index (χ0v) is 18.7. The van der Waals surface area contributed by atoms with Crippen molar-refractivity contribution in [1.29, 1.82) is 0 Å². The molecule has 0 aromatic carbocycles. The monoisotopic (exact) mass is 425 g/mol. The standard InChI is InChI=1S/C21H31NO6S/c1-14-16-13-27-12-15(16)10-17(23)19(14)18(24)11-21(28-29(5,25)26)6-8-22(9-7-21)20(2,3)4/h12,19H,6-11,13H2,1-5H3. The molecule has 0 radical (unpaired) electrons. The van der Waals surface area contributed by atoms with E-state index >= 15 is 0 Å². The van der Waals surface area contributed by atoms with Crippen molar-refractivity contribution in [3.05, 3.63) is 23.0 Å². The summed E-state index contributed by atoms with van der Waals surface area (Å²) in [7, 11) is -3.75. The molecule has 7 nitrogen and oxygen atoms in total. The Morgan fingerprint density at radius 3 is 2.48 bits per heavy atom. The highest BCUT2D eigenvalue weighted by Crippen LogP contribution is 2.39. The van der Waals surface area contributed by atoms with Crippen LogP contribution in [0.25, 0.3) is 0 Å². The summed E-state index contributed by atoms with van der Waals surface area (Å²) in [6.45, 7) is 9.75. The molecule has 162 valence electrons. The van der Waals surface area contributed by atoms with Crippen molar-refractivity contribution in [3.63, 3.8) is 0 Å². The fourth-order valence-electron chi connectivity index (χ4n) is 4.65. The second kappa shape index (κ2) is 7.63.